The van der Waals surface area contributed by atoms with Gasteiger partial charge in [-0.25, -0.2) is 4.57 Å². The number of quaternary nitrogens is 1. The predicted molar refractivity (Wildman–Crippen MR) is 351 cm³/mol. The molecule has 0 spiro atoms. The number of carbonyl (C=O) groups is 2. The summed E-state index contributed by atoms with van der Waals surface area (Å²) in [5.41, 5.74) is 0. The van der Waals surface area contributed by atoms with Crippen molar-refractivity contribution in [2.45, 2.75) is 354 Å². The molecule has 81 heavy (non-hydrogen) atoms. The molecule has 0 aromatic carbocycles. The molecule has 0 heterocycles. The Morgan fingerprint density at radius 1 is 0.432 bits per heavy atom. The van der Waals surface area contributed by atoms with Crippen LogP contribution in [0.3, 0.4) is 0 Å². The number of ether oxygens (including phenoxy) is 1. The van der Waals surface area contributed by atoms with Crippen molar-refractivity contribution in [1.29, 1.82) is 0 Å². The Morgan fingerprint density at radius 2 is 0.753 bits per heavy atom. The fraction of sp³-hybridized carbons (Fsp3) is 0.859. The van der Waals surface area contributed by atoms with E-state index in [9.17, 15) is 19.0 Å². The molecule has 10 heteroatoms. The van der Waals surface area contributed by atoms with Crippen LogP contribution in [-0.2, 0) is 27.9 Å². The van der Waals surface area contributed by atoms with Gasteiger partial charge in [-0.2, -0.15) is 0 Å². The van der Waals surface area contributed by atoms with Crippen LogP contribution in [0.15, 0.2) is 48.6 Å². The van der Waals surface area contributed by atoms with E-state index in [1.54, 1.807) is 0 Å². The molecule has 2 N–H and O–H groups in total. The Bertz CT molecular complexity index is 1520. The van der Waals surface area contributed by atoms with Gasteiger partial charge in [-0.1, -0.05) is 307 Å². The maximum absolute atomic E-state index is 13.6. The highest BCUT2D eigenvalue weighted by Crippen LogP contribution is 2.43. The second-order valence-corrected chi connectivity index (χ2v) is 26.5. The largest absolute Gasteiger partial charge is 0.472 e. The van der Waals surface area contributed by atoms with Crippen LogP contribution >= 0.6 is 7.82 Å². The highest BCUT2D eigenvalue weighted by atomic mass is 31.2. The van der Waals surface area contributed by atoms with Gasteiger partial charge in [0.25, 0.3) is 0 Å². The molecule has 0 saturated heterocycles. The normalized spacial score (nSPS) is 13.8. The van der Waals surface area contributed by atoms with Gasteiger partial charge in [0, 0.05) is 12.8 Å². The molecule has 0 aliphatic rings. The number of unbranched alkanes of at least 4 members (excludes halogenated alkanes) is 42. The first-order chi connectivity index (χ1) is 39.4. The van der Waals surface area contributed by atoms with E-state index in [2.05, 4.69) is 62.5 Å². The SMILES string of the molecule is CCCCC/C=C\C/C=C\C/C=C\CCCCCCCCCCC(=O)OC(/C=C/CCCCCCCCCCCCC)C(COP(=O)(O)OCC[N+](C)(C)C)NC(=O)CCCCCCCCCCCCCCCCCCCCCCC. The number of allylic oxidation sites excluding steroid dienone is 7. The number of nitrogens with one attached hydrogen (secondary N) is 1. The lowest BCUT2D eigenvalue weighted by atomic mass is 10.0. The van der Waals surface area contributed by atoms with Crippen molar-refractivity contribution in [3.05, 3.63) is 48.6 Å². The van der Waals surface area contributed by atoms with Crippen molar-refractivity contribution in [2.75, 3.05) is 40.9 Å². The molecular formula is C71H136N2O7P+. The van der Waals surface area contributed by atoms with Crippen molar-refractivity contribution in [3.63, 3.8) is 0 Å². The van der Waals surface area contributed by atoms with E-state index in [4.69, 9.17) is 13.8 Å². The zero-order chi connectivity index (χ0) is 59.3. The second kappa shape index (κ2) is 61.1. The quantitative estimate of drug-likeness (QED) is 0.0205. The summed E-state index contributed by atoms with van der Waals surface area (Å²) in [5, 5.41) is 3.07. The predicted octanol–water partition coefficient (Wildman–Crippen LogP) is 22.0. The molecule has 0 aliphatic carbocycles. The smallest absolute Gasteiger partial charge is 0.456 e. The second-order valence-electron chi connectivity index (χ2n) is 25.1. The summed E-state index contributed by atoms with van der Waals surface area (Å²) in [6.45, 7) is 7.04. The Kier molecular flexibility index (Phi) is 59.5. The summed E-state index contributed by atoms with van der Waals surface area (Å²) in [6, 6.07) is -0.850. The lowest BCUT2D eigenvalue weighted by molar-refractivity contribution is -0.870. The highest BCUT2D eigenvalue weighted by Gasteiger charge is 2.30. The van der Waals surface area contributed by atoms with E-state index in [0.29, 0.717) is 17.4 Å². The number of amides is 1. The van der Waals surface area contributed by atoms with E-state index < -0.39 is 20.0 Å². The molecule has 0 aromatic heterocycles. The summed E-state index contributed by atoms with van der Waals surface area (Å²) < 4.78 is 30.8. The third-order valence-corrected chi connectivity index (χ3v) is 16.8. The van der Waals surface area contributed by atoms with Gasteiger partial charge in [0.1, 0.15) is 19.3 Å². The number of hydrogen-bond acceptors (Lipinski definition) is 6. The monoisotopic (exact) mass is 1160 g/mol. The van der Waals surface area contributed by atoms with Gasteiger partial charge in [0.15, 0.2) is 0 Å². The molecule has 0 bridgehead atoms. The summed E-state index contributed by atoms with van der Waals surface area (Å²) in [4.78, 5) is 37.9. The van der Waals surface area contributed by atoms with E-state index in [1.807, 2.05) is 33.3 Å². The zero-order valence-corrected chi connectivity index (χ0v) is 55.4. The number of rotatable bonds is 64. The lowest BCUT2D eigenvalue weighted by Gasteiger charge is -2.27. The number of carbonyl (C=O) groups excluding carboxylic acids is 2. The van der Waals surface area contributed by atoms with Gasteiger partial charge in [-0.05, 0) is 70.3 Å². The number of nitrogens with zero attached hydrogens (tertiary/aromatic N) is 1. The van der Waals surface area contributed by atoms with E-state index in [0.717, 1.165) is 83.5 Å². The fourth-order valence-corrected chi connectivity index (χ4v) is 11.1. The van der Waals surface area contributed by atoms with Crippen LogP contribution in [0.25, 0.3) is 0 Å². The van der Waals surface area contributed by atoms with Crippen LogP contribution in [0.1, 0.15) is 342 Å². The van der Waals surface area contributed by atoms with Gasteiger partial charge >= 0.3 is 13.8 Å². The fourth-order valence-electron chi connectivity index (χ4n) is 10.4. The summed E-state index contributed by atoms with van der Waals surface area (Å²) in [7, 11) is 1.50. The molecule has 0 rings (SSSR count). The van der Waals surface area contributed by atoms with Crippen LogP contribution in [-0.4, -0.2) is 74.3 Å². The standard InChI is InChI=1S/C71H135N2O7P/c1-7-10-13-16-19-22-25-28-30-32-34-36-38-40-42-45-48-51-54-57-60-63-70(74)72-68(67-79-81(76,77)78-66-65-73(4,5)6)69(62-59-56-53-50-47-44-27-24-21-18-15-12-9-3)80-71(75)64-61-58-55-52-49-46-43-41-39-37-35-33-31-29-26-23-20-17-14-11-8-2/h20,23,29,31,35,37,59,62,68-69H,7-19,21-22,24-28,30,32-34,36,38-58,60-61,63-67H2,1-6H3,(H-,72,74,76,77)/p+1/b23-20-,31-29-,37-35-,62-59+. The number of esters is 1. The van der Waals surface area contributed by atoms with Gasteiger partial charge in [-0.15, -0.1) is 0 Å². The number of likely N-dealkylation sites (N-methyl/N-ethyl adjacent to an activating group) is 1. The first-order valence-corrected chi connectivity index (χ1v) is 36.5. The number of hydrogen-bond donors (Lipinski definition) is 2. The summed E-state index contributed by atoms with van der Waals surface area (Å²) in [6.07, 6.45) is 76.8. The molecule has 3 atom stereocenters. The number of phosphoric ester groups is 1. The number of phosphoric acid groups is 1. The molecule has 0 saturated carbocycles. The molecule has 0 aliphatic heterocycles. The average Bonchev–Trinajstić information content (AvgIpc) is 3.44. The van der Waals surface area contributed by atoms with Gasteiger partial charge in [0.2, 0.25) is 5.91 Å². The topological polar surface area (TPSA) is 111 Å². The highest BCUT2D eigenvalue weighted by molar-refractivity contribution is 7.47. The van der Waals surface area contributed by atoms with Crippen molar-refractivity contribution in [2.24, 2.45) is 0 Å². The van der Waals surface area contributed by atoms with Crippen LogP contribution in [0.4, 0.5) is 0 Å². The zero-order valence-electron chi connectivity index (χ0n) is 54.5. The maximum atomic E-state index is 13.6. The maximum Gasteiger partial charge on any atom is 0.472 e. The van der Waals surface area contributed by atoms with Crippen molar-refractivity contribution < 1.29 is 37.3 Å². The Hall–Kier alpha value is -2.03. The van der Waals surface area contributed by atoms with Crippen molar-refractivity contribution >= 4 is 19.7 Å². The molecular weight excluding hydrogens is 1020 g/mol. The van der Waals surface area contributed by atoms with Gasteiger partial charge in [0.05, 0.1) is 33.8 Å². The van der Waals surface area contributed by atoms with E-state index in [-0.39, 0.29) is 31.5 Å². The minimum atomic E-state index is -4.45. The van der Waals surface area contributed by atoms with Crippen LogP contribution in [0.5, 0.6) is 0 Å². The summed E-state index contributed by atoms with van der Waals surface area (Å²) in [5.74, 6) is -0.497. The first-order valence-electron chi connectivity index (χ1n) is 35.0. The Balaban J connectivity index is 5.14. The molecule has 3 unspecified atom stereocenters. The molecule has 1 amide bonds. The minimum absolute atomic E-state index is 0.0406. The summed E-state index contributed by atoms with van der Waals surface area (Å²) >= 11 is 0. The molecule has 9 nitrogen and oxygen atoms in total. The van der Waals surface area contributed by atoms with Crippen LogP contribution in [0, 0.1) is 0 Å². The Labute approximate surface area is 503 Å². The van der Waals surface area contributed by atoms with Gasteiger partial charge < -0.3 is 19.4 Å². The minimum Gasteiger partial charge on any atom is -0.456 e. The average molecular weight is 1160 g/mol. The molecule has 476 valence electrons. The Morgan fingerprint density at radius 3 is 1.15 bits per heavy atom. The van der Waals surface area contributed by atoms with E-state index in [1.165, 1.54) is 225 Å². The molecule has 0 aromatic rings. The van der Waals surface area contributed by atoms with Gasteiger partial charge in [-0.3, -0.25) is 18.6 Å². The van der Waals surface area contributed by atoms with Crippen LogP contribution < -0.4 is 5.32 Å². The lowest BCUT2D eigenvalue weighted by Crippen LogP contribution is -2.47. The van der Waals surface area contributed by atoms with E-state index >= 15 is 0 Å². The van der Waals surface area contributed by atoms with Crippen molar-refractivity contribution in [1.82, 2.24) is 5.32 Å². The van der Waals surface area contributed by atoms with Crippen LogP contribution in [0.2, 0.25) is 0 Å². The molecule has 0 radical (unpaired) electrons. The van der Waals surface area contributed by atoms with Crippen molar-refractivity contribution in [3.8, 4) is 0 Å². The third-order valence-electron chi connectivity index (χ3n) is 15.8. The molecule has 0 fully saturated rings. The first kappa shape index (κ1) is 79.0. The third kappa shape index (κ3) is 62.3.